The summed E-state index contributed by atoms with van der Waals surface area (Å²) in [7, 11) is 0. The van der Waals surface area contributed by atoms with E-state index in [4.69, 9.17) is 20.9 Å². The van der Waals surface area contributed by atoms with Gasteiger partial charge in [0.25, 0.3) is 5.56 Å². The molecule has 2 heterocycles. The first-order valence-corrected chi connectivity index (χ1v) is 9.03. The van der Waals surface area contributed by atoms with Crippen molar-refractivity contribution in [2.75, 3.05) is 6.54 Å². The van der Waals surface area contributed by atoms with Crippen LogP contribution >= 0.6 is 0 Å². The maximum absolute atomic E-state index is 12.3. The number of nitrogens with two attached hydrogens (primary N) is 2. The molecule has 4 atom stereocenters. The fourth-order valence-electron chi connectivity index (χ4n) is 3.52. The molecule has 0 radical (unpaired) electrons. The lowest BCUT2D eigenvalue weighted by Gasteiger charge is -2.32. The van der Waals surface area contributed by atoms with E-state index in [2.05, 4.69) is 4.98 Å². The maximum atomic E-state index is 12.3. The quantitative estimate of drug-likeness (QED) is 0.672. The van der Waals surface area contributed by atoms with E-state index in [1.165, 1.54) is 10.8 Å². The van der Waals surface area contributed by atoms with E-state index in [0.29, 0.717) is 18.6 Å². The zero-order chi connectivity index (χ0) is 19.6. The lowest BCUT2D eigenvalue weighted by atomic mass is 9.91. The number of nitrogens with one attached hydrogen (secondary N) is 1. The van der Waals surface area contributed by atoms with E-state index in [9.17, 15) is 9.59 Å². The molecule has 0 aliphatic carbocycles. The van der Waals surface area contributed by atoms with Crippen LogP contribution < -0.4 is 22.7 Å². The van der Waals surface area contributed by atoms with Crippen LogP contribution in [0.3, 0.4) is 0 Å². The number of aromatic nitrogens is 2. The average Bonchev–Trinajstić information content (AvgIpc) is 2.96. The Morgan fingerprint density at radius 3 is 2.63 bits per heavy atom. The molecule has 1 fully saturated rings. The lowest BCUT2D eigenvalue weighted by molar-refractivity contribution is -0.117. The van der Waals surface area contributed by atoms with Crippen molar-refractivity contribution in [3.63, 3.8) is 0 Å². The molecule has 1 aliphatic rings. The lowest BCUT2D eigenvalue weighted by Crippen LogP contribution is -2.52. The standard InChI is InChI=1S/C19H26N4O4/c1-3-19(11-20)15(26-10-13-7-5-4-6-8-13)14(21)17(27-19)23-9-12(2)16(24)22-18(23)25/h4-9,14-15,17H,3,10-11,20-21H2,1-2H3,(H,22,24,25)/t14?,15-,17-,19+/m1/s1. The molecule has 3 rings (SSSR count). The van der Waals surface area contributed by atoms with Crippen LogP contribution in [-0.4, -0.2) is 33.8 Å². The molecule has 8 heteroatoms. The molecule has 0 bridgehead atoms. The second kappa shape index (κ2) is 7.77. The molecule has 1 unspecified atom stereocenters. The SMILES string of the molecule is CC[C@@]1(CN)O[C@@H](n2cc(C)c(=O)[nH]c2=O)C(N)[C@H]1OCc1ccccc1. The Kier molecular flexibility index (Phi) is 5.61. The predicted octanol–water partition coefficient (Wildman–Crippen LogP) is 0.394. The second-order valence-corrected chi connectivity index (χ2v) is 6.90. The topological polar surface area (TPSA) is 125 Å². The minimum absolute atomic E-state index is 0.199. The smallest absolute Gasteiger partial charge is 0.330 e. The summed E-state index contributed by atoms with van der Waals surface area (Å²) in [5.74, 6) is 0. The van der Waals surface area contributed by atoms with E-state index in [1.807, 2.05) is 37.3 Å². The number of hydrogen-bond donors (Lipinski definition) is 3. The molecule has 0 amide bonds. The van der Waals surface area contributed by atoms with Gasteiger partial charge < -0.3 is 20.9 Å². The zero-order valence-corrected chi connectivity index (χ0v) is 15.6. The van der Waals surface area contributed by atoms with Crippen LogP contribution in [0.1, 0.15) is 30.7 Å². The van der Waals surface area contributed by atoms with E-state index < -0.39 is 35.2 Å². The molecule has 0 spiro atoms. The monoisotopic (exact) mass is 374 g/mol. The van der Waals surface area contributed by atoms with E-state index in [0.717, 1.165) is 5.56 Å². The first kappa shape index (κ1) is 19.5. The van der Waals surface area contributed by atoms with Crippen molar-refractivity contribution in [3.05, 3.63) is 68.5 Å². The highest BCUT2D eigenvalue weighted by Crippen LogP contribution is 2.39. The Labute approximate surface area is 157 Å². The van der Waals surface area contributed by atoms with E-state index >= 15 is 0 Å². The highest BCUT2D eigenvalue weighted by atomic mass is 16.6. The molecule has 1 aromatic heterocycles. The highest BCUT2D eigenvalue weighted by molar-refractivity contribution is 5.14. The third-order valence-corrected chi connectivity index (χ3v) is 5.19. The van der Waals surface area contributed by atoms with Gasteiger partial charge >= 0.3 is 5.69 Å². The number of benzene rings is 1. The zero-order valence-electron chi connectivity index (χ0n) is 15.6. The summed E-state index contributed by atoms with van der Waals surface area (Å²) in [5, 5.41) is 0. The van der Waals surface area contributed by atoms with Gasteiger partial charge in [-0.15, -0.1) is 0 Å². The summed E-state index contributed by atoms with van der Waals surface area (Å²) in [4.78, 5) is 26.2. The number of aromatic amines is 1. The molecule has 8 nitrogen and oxygen atoms in total. The van der Waals surface area contributed by atoms with Gasteiger partial charge in [0.2, 0.25) is 0 Å². The third-order valence-electron chi connectivity index (χ3n) is 5.19. The van der Waals surface area contributed by atoms with Gasteiger partial charge in [0.1, 0.15) is 11.7 Å². The molecule has 146 valence electrons. The summed E-state index contributed by atoms with van der Waals surface area (Å²) >= 11 is 0. The summed E-state index contributed by atoms with van der Waals surface area (Å²) < 4.78 is 13.6. The molecular weight excluding hydrogens is 348 g/mol. The molecule has 5 N–H and O–H groups in total. The number of H-pyrrole nitrogens is 1. The minimum Gasteiger partial charge on any atom is -0.369 e. The summed E-state index contributed by atoms with van der Waals surface area (Å²) in [5.41, 5.74) is 12.1. The van der Waals surface area contributed by atoms with Gasteiger partial charge in [0, 0.05) is 18.3 Å². The van der Waals surface area contributed by atoms with Crippen LogP contribution in [0.2, 0.25) is 0 Å². The summed E-state index contributed by atoms with van der Waals surface area (Å²) in [6.45, 7) is 4.12. The minimum atomic E-state index is -0.817. The van der Waals surface area contributed by atoms with Crippen molar-refractivity contribution >= 4 is 0 Å². The molecule has 27 heavy (non-hydrogen) atoms. The Bertz CT molecular complexity index is 889. The number of rotatable bonds is 6. The third kappa shape index (κ3) is 3.61. The Balaban J connectivity index is 1.92. The van der Waals surface area contributed by atoms with Crippen LogP contribution in [0.15, 0.2) is 46.1 Å². The summed E-state index contributed by atoms with van der Waals surface area (Å²) in [6, 6.07) is 9.11. The van der Waals surface area contributed by atoms with Crippen LogP contribution in [0, 0.1) is 6.92 Å². The second-order valence-electron chi connectivity index (χ2n) is 6.90. The van der Waals surface area contributed by atoms with Crippen molar-refractivity contribution in [1.29, 1.82) is 0 Å². The van der Waals surface area contributed by atoms with Crippen LogP contribution in [0.4, 0.5) is 0 Å². The molecule has 1 aromatic carbocycles. The maximum Gasteiger partial charge on any atom is 0.330 e. The molecular formula is C19H26N4O4. The predicted molar refractivity (Wildman–Crippen MR) is 101 cm³/mol. The van der Waals surface area contributed by atoms with Crippen molar-refractivity contribution in [1.82, 2.24) is 9.55 Å². The number of ether oxygens (including phenoxy) is 2. The van der Waals surface area contributed by atoms with Crippen LogP contribution in [0.25, 0.3) is 0 Å². The molecule has 1 saturated heterocycles. The largest absolute Gasteiger partial charge is 0.369 e. The Morgan fingerprint density at radius 1 is 1.30 bits per heavy atom. The van der Waals surface area contributed by atoms with Gasteiger partial charge in [0.05, 0.1) is 12.6 Å². The fourth-order valence-corrected chi connectivity index (χ4v) is 3.52. The first-order chi connectivity index (χ1) is 12.9. The van der Waals surface area contributed by atoms with Gasteiger partial charge in [-0.1, -0.05) is 37.3 Å². The van der Waals surface area contributed by atoms with E-state index in [-0.39, 0.29) is 6.54 Å². The number of nitrogens with zero attached hydrogens (tertiary/aromatic N) is 1. The normalized spacial score (nSPS) is 27.8. The van der Waals surface area contributed by atoms with Crippen LogP contribution in [0.5, 0.6) is 0 Å². The molecule has 0 saturated carbocycles. The summed E-state index contributed by atoms with van der Waals surface area (Å²) in [6.07, 6.45) is 0.751. The van der Waals surface area contributed by atoms with Gasteiger partial charge in [0.15, 0.2) is 6.23 Å². The van der Waals surface area contributed by atoms with Crippen molar-refractivity contribution in [2.24, 2.45) is 11.5 Å². The highest BCUT2D eigenvalue weighted by Gasteiger charge is 2.53. The molecule has 1 aliphatic heterocycles. The fraction of sp³-hybridized carbons (Fsp3) is 0.474. The van der Waals surface area contributed by atoms with Gasteiger partial charge in [-0.2, -0.15) is 0 Å². The number of aryl methyl sites for hydroxylation is 1. The van der Waals surface area contributed by atoms with Crippen LogP contribution in [-0.2, 0) is 16.1 Å². The Hall–Kier alpha value is -2.26. The van der Waals surface area contributed by atoms with Crippen molar-refractivity contribution in [3.8, 4) is 0 Å². The molecule has 2 aromatic rings. The average molecular weight is 374 g/mol. The Morgan fingerprint density at radius 2 is 2.00 bits per heavy atom. The van der Waals surface area contributed by atoms with Crippen molar-refractivity contribution in [2.45, 2.75) is 50.8 Å². The first-order valence-electron chi connectivity index (χ1n) is 9.03. The van der Waals surface area contributed by atoms with Gasteiger partial charge in [-0.3, -0.25) is 14.3 Å². The van der Waals surface area contributed by atoms with Crippen molar-refractivity contribution < 1.29 is 9.47 Å². The van der Waals surface area contributed by atoms with Gasteiger partial charge in [-0.05, 0) is 18.9 Å². The number of hydrogen-bond acceptors (Lipinski definition) is 6. The van der Waals surface area contributed by atoms with E-state index in [1.54, 1.807) is 6.92 Å². The van der Waals surface area contributed by atoms with Gasteiger partial charge in [-0.25, -0.2) is 4.79 Å².